The first kappa shape index (κ1) is 32.0. The molecule has 1 saturated carbocycles. The number of rotatable bonds is 8. The zero-order chi connectivity index (χ0) is 29.1. The van der Waals surface area contributed by atoms with E-state index in [0.717, 1.165) is 0 Å². The van der Waals surface area contributed by atoms with E-state index in [4.69, 9.17) is 29.4 Å². The molecule has 2 aliphatic heterocycles. The zero-order valence-corrected chi connectivity index (χ0v) is 24.0. The van der Waals surface area contributed by atoms with Gasteiger partial charge >= 0.3 is 6.09 Å². The fourth-order valence-corrected chi connectivity index (χ4v) is 5.39. The molecule has 0 bridgehead atoms. The van der Waals surface area contributed by atoms with Gasteiger partial charge in [0.25, 0.3) is 0 Å². The van der Waals surface area contributed by atoms with Crippen molar-refractivity contribution in [3.05, 3.63) is 11.8 Å². The van der Waals surface area contributed by atoms with Crippen molar-refractivity contribution in [2.45, 2.75) is 114 Å². The van der Waals surface area contributed by atoms with Crippen molar-refractivity contribution in [1.29, 1.82) is 0 Å². The quantitative estimate of drug-likeness (QED) is 0.198. The third-order valence-electron chi connectivity index (χ3n) is 7.27. The van der Waals surface area contributed by atoms with E-state index in [0.29, 0.717) is 25.1 Å². The molecule has 2 fully saturated rings. The van der Waals surface area contributed by atoms with Gasteiger partial charge in [-0.2, -0.15) is 0 Å². The van der Waals surface area contributed by atoms with Crippen LogP contribution in [-0.4, -0.2) is 115 Å². The van der Waals surface area contributed by atoms with E-state index >= 15 is 0 Å². The van der Waals surface area contributed by atoms with Crippen LogP contribution < -0.4 is 21.7 Å². The summed E-state index contributed by atoms with van der Waals surface area (Å²) >= 11 is 0. The minimum Gasteiger partial charge on any atom is -0.466 e. The van der Waals surface area contributed by atoms with Gasteiger partial charge in [0.1, 0.15) is 35.3 Å². The molecule has 13 nitrogen and oxygen atoms in total. The fourth-order valence-electron chi connectivity index (χ4n) is 5.39. The van der Waals surface area contributed by atoms with Gasteiger partial charge in [0, 0.05) is 6.04 Å². The highest BCUT2D eigenvalue weighted by Crippen LogP contribution is 2.34. The van der Waals surface area contributed by atoms with E-state index in [9.17, 15) is 20.1 Å². The second-order valence-electron chi connectivity index (χ2n) is 12.0. The predicted octanol–water partition coefficient (Wildman–Crippen LogP) is -0.716. The van der Waals surface area contributed by atoms with Crippen molar-refractivity contribution in [2.75, 3.05) is 27.2 Å². The number of carbonyl (C=O) groups excluding carboxylic acids is 1. The molecule has 226 valence electrons. The van der Waals surface area contributed by atoms with Crippen LogP contribution in [0.2, 0.25) is 0 Å². The lowest BCUT2D eigenvalue weighted by molar-refractivity contribution is -0.305. The molecule has 3 rings (SSSR count). The first-order valence-corrected chi connectivity index (χ1v) is 13.6. The van der Waals surface area contributed by atoms with Crippen LogP contribution in [0, 0.1) is 5.92 Å². The van der Waals surface area contributed by atoms with Gasteiger partial charge in [-0.25, -0.2) is 4.79 Å². The van der Waals surface area contributed by atoms with Gasteiger partial charge in [-0.3, -0.25) is 0 Å². The molecule has 0 aromatic carbocycles. The Morgan fingerprint density at radius 3 is 2.46 bits per heavy atom. The summed E-state index contributed by atoms with van der Waals surface area (Å²) in [6.07, 6.45) is -3.98. The SMILES string of the molecule is CNCC1=CC[C@@H](NC(=O)OC(C)(C)C)[C@@H](O[C@H]2[C@H](O)[C@@H](O[C@H]3OC[C@](C)(O)[C@H](NC)[C@H]3O)[C@H](N)C[C@@H]2C)O1. The van der Waals surface area contributed by atoms with Crippen molar-refractivity contribution >= 4 is 6.09 Å². The summed E-state index contributed by atoms with van der Waals surface area (Å²) in [6, 6.07) is -1.85. The zero-order valence-electron chi connectivity index (χ0n) is 24.0. The Morgan fingerprint density at radius 1 is 1.18 bits per heavy atom. The molecule has 39 heavy (non-hydrogen) atoms. The number of likely N-dealkylation sites (N-methyl/N-ethyl adjacent to an activating group) is 2. The lowest BCUT2D eigenvalue weighted by atomic mass is 9.80. The lowest BCUT2D eigenvalue weighted by Crippen LogP contribution is -2.67. The van der Waals surface area contributed by atoms with E-state index < -0.39 is 72.4 Å². The maximum atomic E-state index is 12.5. The number of carbonyl (C=O) groups is 1. The molecular formula is C26H48N4O9. The molecule has 11 atom stereocenters. The number of aliphatic hydroxyl groups excluding tert-OH is 2. The lowest BCUT2D eigenvalue weighted by Gasteiger charge is -2.48. The largest absolute Gasteiger partial charge is 0.466 e. The monoisotopic (exact) mass is 560 g/mol. The molecule has 2 heterocycles. The number of nitrogens with two attached hydrogens (primary N) is 1. The molecule has 1 aliphatic carbocycles. The summed E-state index contributed by atoms with van der Waals surface area (Å²) in [5.74, 6) is 0.471. The molecule has 13 heteroatoms. The number of amides is 1. The van der Waals surface area contributed by atoms with Gasteiger partial charge < -0.3 is 60.7 Å². The number of nitrogens with one attached hydrogen (secondary N) is 3. The maximum Gasteiger partial charge on any atom is 0.408 e. The highest BCUT2D eigenvalue weighted by Gasteiger charge is 2.50. The van der Waals surface area contributed by atoms with E-state index in [2.05, 4.69) is 16.0 Å². The van der Waals surface area contributed by atoms with Gasteiger partial charge in [-0.15, -0.1) is 0 Å². The van der Waals surface area contributed by atoms with Crippen molar-refractivity contribution in [3.8, 4) is 0 Å². The topological polar surface area (TPSA) is 186 Å². The summed E-state index contributed by atoms with van der Waals surface area (Å²) in [4.78, 5) is 12.5. The van der Waals surface area contributed by atoms with Crippen LogP contribution in [0.3, 0.4) is 0 Å². The van der Waals surface area contributed by atoms with E-state index in [1.54, 1.807) is 41.8 Å². The summed E-state index contributed by atoms with van der Waals surface area (Å²) in [5.41, 5.74) is 4.40. The molecule has 0 spiro atoms. The molecule has 1 amide bonds. The van der Waals surface area contributed by atoms with Crippen LogP contribution in [0.15, 0.2) is 11.8 Å². The van der Waals surface area contributed by atoms with E-state index in [1.165, 1.54) is 0 Å². The molecule has 8 N–H and O–H groups in total. The van der Waals surface area contributed by atoms with Gasteiger partial charge in [0.15, 0.2) is 6.29 Å². The molecule has 0 aromatic rings. The average molecular weight is 561 g/mol. The van der Waals surface area contributed by atoms with Gasteiger partial charge in [-0.05, 0) is 66.6 Å². The number of aliphatic hydroxyl groups is 3. The Labute approximate surface area is 230 Å². The normalized spacial score (nSPS) is 41.4. The molecular weight excluding hydrogens is 512 g/mol. The van der Waals surface area contributed by atoms with E-state index in [1.807, 2.05) is 13.0 Å². The second-order valence-corrected chi connectivity index (χ2v) is 12.0. The van der Waals surface area contributed by atoms with E-state index in [-0.39, 0.29) is 12.5 Å². The van der Waals surface area contributed by atoms with Gasteiger partial charge in [-0.1, -0.05) is 6.92 Å². The fraction of sp³-hybridized carbons (Fsp3) is 0.885. The Kier molecular flexibility index (Phi) is 10.6. The Morgan fingerprint density at radius 2 is 1.85 bits per heavy atom. The highest BCUT2D eigenvalue weighted by atomic mass is 16.7. The maximum absolute atomic E-state index is 12.5. The predicted molar refractivity (Wildman–Crippen MR) is 141 cm³/mol. The number of hydrogen-bond acceptors (Lipinski definition) is 12. The minimum atomic E-state index is -1.31. The number of hydrogen-bond donors (Lipinski definition) is 7. The summed E-state index contributed by atoms with van der Waals surface area (Å²) in [6.45, 7) is 9.18. The summed E-state index contributed by atoms with van der Waals surface area (Å²) < 4.78 is 29.5. The van der Waals surface area contributed by atoms with Crippen molar-refractivity contribution in [1.82, 2.24) is 16.0 Å². The van der Waals surface area contributed by atoms with Gasteiger partial charge in [0.2, 0.25) is 6.29 Å². The molecule has 0 aromatic heterocycles. The molecule has 3 aliphatic rings. The Hall–Kier alpha value is -1.55. The van der Waals surface area contributed by atoms with Crippen LogP contribution in [0.1, 0.15) is 47.5 Å². The average Bonchev–Trinajstić information content (AvgIpc) is 2.81. The number of alkyl carbamates (subject to hydrolysis) is 1. The van der Waals surface area contributed by atoms with Crippen LogP contribution in [-0.2, 0) is 23.7 Å². The third-order valence-corrected chi connectivity index (χ3v) is 7.27. The second kappa shape index (κ2) is 13.0. The molecule has 1 saturated heterocycles. The smallest absolute Gasteiger partial charge is 0.408 e. The van der Waals surface area contributed by atoms with Crippen LogP contribution in [0.4, 0.5) is 4.79 Å². The van der Waals surface area contributed by atoms with Crippen molar-refractivity contribution in [3.63, 3.8) is 0 Å². The van der Waals surface area contributed by atoms with Crippen molar-refractivity contribution < 1.29 is 43.8 Å². The first-order valence-electron chi connectivity index (χ1n) is 13.6. The van der Waals surface area contributed by atoms with Crippen molar-refractivity contribution in [2.24, 2.45) is 11.7 Å². The Balaban J connectivity index is 1.74. The van der Waals surface area contributed by atoms with Crippen LogP contribution in [0.25, 0.3) is 0 Å². The highest BCUT2D eigenvalue weighted by molar-refractivity contribution is 5.68. The van der Waals surface area contributed by atoms with Gasteiger partial charge in [0.05, 0.1) is 31.3 Å². The van der Waals surface area contributed by atoms with Crippen LogP contribution >= 0.6 is 0 Å². The van der Waals surface area contributed by atoms with Crippen LogP contribution in [0.5, 0.6) is 0 Å². The number of ether oxygens (including phenoxy) is 5. The third kappa shape index (κ3) is 8.02. The molecule has 0 radical (unpaired) electrons. The summed E-state index contributed by atoms with van der Waals surface area (Å²) in [7, 11) is 3.42. The minimum absolute atomic E-state index is 0.0802. The standard InChI is InChI=1S/C26H48N4O9/c1-13-10-15(27)20(38-23-18(32)21(29-7)26(5,34)12-35-23)17(31)19(13)37-22-16(9-8-14(36-22)11-28-6)30-24(33)39-25(2,3)4/h8,13,15-23,28-29,31-32,34H,9-12,27H2,1-7H3,(H,30,33)/t13-,15+,16+,17-,18+,19+,20-,21+,22+,23+,26-/m0/s1. The molecule has 0 unspecified atom stereocenters. The Bertz CT molecular complexity index is 852. The first-order chi connectivity index (χ1) is 18.2. The summed E-state index contributed by atoms with van der Waals surface area (Å²) in [5, 5.41) is 41.5.